The molecule has 2 rings (SSSR count). The highest BCUT2D eigenvalue weighted by Gasteiger charge is 2.35. The van der Waals surface area contributed by atoms with E-state index in [1.165, 1.54) is 36.2 Å². The molecule has 1 aliphatic rings. The predicted molar refractivity (Wildman–Crippen MR) is 66.4 cm³/mol. The Hall–Kier alpha value is -1.69. The number of rotatable bonds is 2. The second kappa shape index (κ2) is 4.20. The van der Waals surface area contributed by atoms with Crippen LogP contribution in [0.2, 0.25) is 0 Å². The molecule has 1 aliphatic heterocycles. The van der Waals surface area contributed by atoms with E-state index in [4.69, 9.17) is 0 Å². The summed E-state index contributed by atoms with van der Waals surface area (Å²) in [5.41, 5.74) is 0.703. The highest BCUT2D eigenvalue weighted by molar-refractivity contribution is 7.53. The van der Waals surface area contributed by atoms with Gasteiger partial charge < -0.3 is 14.7 Å². The molecule has 0 amide bonds. The lowest BCUT2D eigenvalue weighted by atomic mass is 10.1. The zero-order valence-corrected chi connectivity index (χ0v) is 10.3. The molecular formula is C10H11N2O5P. The minimum Gasteiger partial charge on any atom is -0.357 e. The first-order chi connectivity index (χ1) is 8.32. The lowest BCUT2D eigenvalue weighted by Gasteiger charge is -2.32. The SMILES string of the molecule is CN1c2cccc([N+](=O)[O-])c2C=CC1P(=O)(O)O. The quantitative estimate of drug-likeness (QED) is 0.480. The molecule has 1 atom stereocenters. The molecule has 0 aromatic heterocycles. The van der Waals surface area contributed by atoms with Crippen LogP contribution in [0, 0.1) is 10.1 Å². The van der Waals surface area contributed by atoms with E-state index < -0.39 is 18.3 Å². The standard InChI is InChI=1S/C10H11N2O5P/c1-11-8-3-2-4-9(12(13)14)7(8)5-6-10(11)18(15,16)17/h2-6,10H,1H3,(H2,15,16,17). The Balaban J connectivity index is 2.56. The summed E-state index contributed by atoms with van der Waals surface area (Å²) in [7, 11) is -2.83. The third-order valence-electron chi connectivity index (χ3n) is 2.81. The monoisotopic (exact) mass is 270 g/mol. The van der Waals surface area contributed by atoms with Crippen LogP contribution < -0.4 is 4.90 Å². The third-order valence-corrected chi connectivity index (χ3v) is 4.02. The summed E-state index contributed by atoms with van der Waals surface area (Å²) in [5, 5.41) is 10.9. The summed E-state index contributed by atoms with van der Waals surface area (Å²) in [6.07, 6.45) is 2.67. The first kappa shape index (κ1) is 12.8. The molecule has 0 saturated carbocycles. The van der Waals surface area contributed by atoms with Gasteiger partial charge in [0.15, 0.2) is 0 Å². The van der Waals surface area contributed by atoms with E-state index >= 15 is 0 Å². The second-order valence-corrected chi connectivity index (χ2v) is 5.65. The molecule has 0 aliphatic carbocycles. The van der Waals surface area contributed by atoms with Gasteiger partial charge in [0.25, 0.3) is 5.69 Å². The molecule has 1 heterocycles. The van der Waals surface area contributed by atoms with Gasteiger partial charge in [0, 0.05) is 13.1 Å². The molecule has 2 N–H and O–H groups in total. The number of hydrogen-bond donors (Lipinski definition) is 2. The van der Waals surface area contributed by atoms with Crippen molar-refractivity contribution < 1.29 is 19.3 Å². The van der Waals surface area contributed by atoms with Crippen molar-refractivity contribution in [2.75, 3.05) is 11.9 Å². The Morgan fingerprint density at radius 1 is 1.44 bits per heavy atom. The summed E-state index contributed by atoms with van der Waals surface area (Å²) in [5.74, 6) is -1.09. The van der Waals surface area contributed by atoms with Crippen molar-refractivity contribution in [3.05, 3.63) is 40.0 Å². The molecule has 8 heteroatoms. The Morgan fingerprint density at radius 3 is 2.67 bits per heavy atom. The van der Waals surface area contributed by atoms with Crippen LogP contribution in [-0.2, 0) is 4.57 Å². The van der Waals surface area contributed by atoms with Crippen LogP contribution in [0.15, 0.2) is 24.3 Å². The van der Waals surface area contributed by atoms with Gasteiger partial charge in [-0.3, -0.25) is 14.7 Å². The van der Waals surface area contributed by atoms with Crippen LogP contribution in [0.25, 0.3) is 6.08 Å². The summed E-state index contributed by atoms with van der Waals surface area (Å²) < 4.78 is 11.3. The Morgan fingerprint density at radius 2 is 2.11 bits per heavy atom. The minimum absolute atomic E-state index is 0.0836. The molecule has 0 radical (unpaired) electrons. The van der Waals surface area contributed by atoms with Crippen LogP contribution in [0.4, 0.5) is 11.4 Å². The van der Waals surface area contributed by atoms with Gasteiger partial charge in [-0.05, 0) is 18.2 Å². The van der Waals surface area contributed by atoms with E-state index in [1.807, 2.05) is 0 Å². The van der Waals surface area contributed by atoms with Gasteiger partial charge in [0.1, 0.15) is 5.78 Å². The summed E-state index contributed by atoms with van der Waals surface area (Å²) in [4.78, 5) is 30.1. The van der Waals surface area contributed by atoms with E-state index in [0.717, 1.165) is 0 Å². The van der Waals surface area contributed by atoms with Crippen LogP contribution in [0.5, 0.6) is 0 Å². The smallest absolute Gasteiger partial charge is 0.351 e. The average Bonchev–Trinajstić information content (AvgIpc) is 2.27. The first-order valence-electron chi connectivity index (χ1n) is 5.06. The van der Waals surface area contributed by atoms with Gasteiger partial charge in [0.2, 0.25) is 0 Å². The Labute approximate surface area is 103 Å². The molecule has 0 bridgehead atoms. The molecule has 0 saturated heterocycles. The van der Waals surface area contributed by atoms with Gasteiger partial charge in [-0.15, -0.1) is 0 Å². The number of benzene rings is 1. The molecular weight excluding hydrogens is 259 g/mol. The number of hydrogen-bond acceptors (Lipinski definition) is 4. The normalized spacial score (nSPS) is 18.6. The van der Waals surface area contributed by atoms with Crippen LogP contribution in [0.1, 0.15) is 5.56 Å². The summed E-state index contributed by atoms with van der Waals surface area (Å²) >= 11 is 0. The van der Waals surface area contributed by atoms with Crippen molar-refractivity contribution in [1.82, 2.24) is 0 Å². The molecule has 1 unspecified atom stereocenters. The van der Waals surface area contributed by atoms with Gasteiger partial charge in [-0.1, -0.05) is 6.07 Å². The Bertz CT molecular complexity index is 580. The maximum atomic E-state index is 11.3. The molecule has 0 spiro atoms. The molecule has 0 fully saturated rings. The topological polar surface area (TPSA) is 104 Å². The molecule has 18 heavy (non-hydrogen) atoms. The third kappa shape index (κ3) is 2.03. The van der Waals surface area contributed by atoms with Gasteiger partial charge in [-0.25, -0.2) is 0 Å². The van der Waals surface area contributed by atoms with E-state index in [9.17, 15) is 24.5 Å². The number of nitrogens with zero attached hydrogens (tertiary/aromatic N) is 2. The maximum Gasteiger partial charge on any atom is 0.351 e. The van der Waals surface area contributed by atoms with E-state index in [2.05, 4.69) is 0 Å². The van der Waals surface area contributed by atoms with E-state index in [1.54, 1.807) is 6.07 Å². The lowest BCUT2D eigenvalue weighted by Crippen LogP contribution is -2.32. The number of nitro benzene ring substituents is 1. The molecule has 1 aromatic rings. The van der Waals surface area contributed by atoms with Crippen molar-refractivity contribution in [2.45, 2.75) is 5.78 Å². The molecule has 1 aromatic carbocycles. The number of fused-ring (bicyclic) bond motifs is 1. The Kier molecular flexibility index (Phi) is 2.98. The van der Waals surface area contributed by atoms with E-state index in [0.29, 0.717) is 11.3 Å². The molecule has 96 valence electrons. The second-order valence-electron chi connectivity index (χ2n) is 3.94. The van der Waals surface area contributed by atoms with Gasteiger partial charge >= 0.3 is 7.60 Å². The van der Waals surface area contributed by atoms with Crippen molar-refractivity contribution in [1.29, 1.82) is 0 Å². The summed E-state index contributed by atoms with van der Waals surface area (Å²) in [6.45, 7) is 0. The summed E-state index contributed by atoms with van der Waals surface area (Å²) in [6, 6.07) is 4.44. The van der Waals surface area contributed by atoms with E-state index in [-0.39, 0.29) is 5.69 Å². The molecule has 7 nitrogen and oxygen atoms in total. The fourth-order valence-electron chi connectivity index (χ4n) is 1.97. The minimum atomic E-state index is -4.32. The largest absolute Gasteiger partial charge is 0.357 e. The number of anilines is 1. The van der Waals surface area contributed by atoms with Crippen LogP contribution in [-0.4, -0.2) is 27.5 Å². The lowest BCUT2D eigenvalue weighted by molar-refractivity contribution is -0.385. The van der Waals surface area contributed by atoms with Crippen molar-refractivity contribution >= 4 is 25.0 Å². The first-order valence-corrected chi connectivity index (χ1v) is 6.74. The van der Waals surface area contributed by atoms with Crippen molar-refractivity contribution in [3.8, 4) is 0 Å². The predicted octanol–water partition coefficient (Wildman–Crippen LogP) is 1.56. The fourth-order valence-corrected chi connectivity index (χ4v) is 2.86. The van der Waals surface area contributed by atoms with Crippen molar-refractivity contribution in [2.24, 2.45) is 0 Å². The highest BCUT2D eigenvalue weighted by Crippen LogP contribution is 2.48. The van der Waals surface area contributed by atoms with Gasteiger partial charge in [-0.2, -0.15) is 0 Å². The van der Waals surface area contributed by atoms with Crippen LogP contribution >= 0.6 is 7.60 Å². The number of likely N-dealkylation sites (N-methyl/N-ethyl adjacent to an activating group) is 1. The average molecular weight is 270 g/mol. The fraction of sp³-hybridized carbons (Fsp3) is 0.200. The maximum absolute atomic E-state index is 11.3. The van der Waals surface area contributed by atoms with Crippen molar-refractivity contribution in [3.63, 3.8) is 0 Å². The van der Waals surface area contributed by atoms with Gasteiger partial charge in [0.05, 0.1) is 16.2 Å². The zero-order valence-electron chi connectivity index (χ0n) is 9.42. The number of nitro groups is 1. The van der Waals surface area contributed by atoms with Crippen LogP contribution in [0.3, 0.4) is 0 Å². The highest BCUT2D eigenvalue weighted by atomic mass is 31.2. The zero-order chi connectivity index (χ0) is 13.5.